The second-order valence-corrected chi connectivity index (χ2v) is 9.23. The number of hydrogen-bond acceptors (Lipinski definition) is 7. The van der Waals surface area contributed by atoms with Crippen LogP contribution < -0.4 is 19.6 Å². The number of carbonyl (C=O) groups excluding carboxylic acids is 1. The van der Waals surface area contributed by atoms with Gasteiger partial charge < -0.3 is 23.7 Å². The topological polar surface area (TPSA) is 95.2 Å². The Morgan fingerprint density at radius 3 is 2.53 bits per heavy atom. The minimum absolute atomic E-state index is 0.0882. The number of phenolic OH excluding ortho intramolecular Hbond substituents is 1. The van der Waals surface area contributed by atoms with E-state index in [1.807, 2.05) is 18.2 Å². The molecule has 0 bridgehead atoms. The van der Waals surface area contributed by atoms with E-state index in [0.29, 0.717) is 57.4 Å². The molecular weight excluding hydrogens is 460 g/mol. The van der Waals surface area contributed by atoms with Gasteiger partial charge in [0.1, 0.15) is 23.3 Å². The first kappa shape index (κ1) is 23.5. The maximum atomic E-state index is 13.4. The van der Waals surface area contributed by atoms with Crippen molar-refractivity contribution >= 4 is 16.9 Å². The number of carbonyl (C=O) groups is 1. The van der Waals surface area contributed by atoms with Gasteiger partial charge in [-0.2, -0.15) is 0 Å². The highest BCUT2D eigenvalue weighted by Gasteiger charge is 2.32. The van der Waals surface area contributed by atoms with Gasteiger partial charge in [-0.15, -0.1) is 0 Å². The predicted octanol–water partition coefficient (Wildman–Crippen LogP) is 5.65. The lowest BCUT2D eigenvalue weighted by Crippen LogP contribution is -2.22. The van der Waals surface area contributed by atoms with Gasteiger partial charge in [0.05, 0.1) is 31.1 Å². The van der Waals surface area contributed by atoms with Crippen molar-refractivity contribution in [1.29, 1.82) is 0 Å². The average Bonchev–Trinajstić information content (AvgIpc) is 2.87. The van der Waals surface area contributed by atoms with Crippen molar-refractivity contribution in [3.8, 4) is 34.1 Å². The summed E-state index contributed by atoms with van der Waals surface area (Å²) in [7, 11) is 1.57. The molecule has 0 saturated carbocycles. The first-order valence-electron chi connectivity index (χ1n) is 11.7. The molecular formula is C29H26O7. The zero-order chi connectivity index (χ0) is 25.4. The lowest BCUT2D eigenvalue weighted by molar-refractivity contribution is -0.135. The molecule has 7 nitrogen and oxygen atoms in total. The molecule has 1 N–H and O–H groups in total. The van der Waals surface area contributed by atoms with Crippen LogP contribution in [0.15, 0.2) is 70.1 Å². The Balaban J connectivity index is 1.63. The fourth-order valence-corrected chi connectivity index (χ4v) is 4.46. The van der Waals surface area contributed by atoms with Gasteiger partial charge in [0.2, 0.25) is 5.43 Å². The van der Waals surface area contributed by atoms with E-state index in [2.05, 4.69) is 13.8 Å². The van der Waals surface area contributed by atoms with Gasteiger partial charge in [0, 0.05) is 11.5 Å². The molecule has 1 aliphatic heterocycles. The number of aromatic hydroxyl groups is 1. The van der Waals surface area contributed by atoms with Crippen molar-refractivity contribution < 1.29 is 28.5 Å². The number of phenols is 1. The maximum Gasteiger partial charge on any atom is 0.312 e. The van der Waals surface area contributed by atoms with Crippen molar-refractivity contribution in [2.24, 2.45) is 5.92 Å². The van der Waals surface area contributed by atoms with E-state index in [9.17, 15) is 14.7 Å². The van der Waals surface area contributed by atoms with Gasteiger partial charge in [0.15, 0.2) is 11.5 Å². The highest BCUT2D eigenvalue weighted by atomic mass is 16.5. The Bertz CT molecular complexity index is 1500. The number of hydrogen-bond donors (Lipinski definition) is 1. The highest BCUT2D eigenvalue weighted by molar-refractivity contribution is 5.90. The van der Waals surface area contributed by atoms with Crippen LogP contribution in [0.3, 0.4) is 0 Å². The molecule has 2 heterocycles. The van der Waals surface area contributed by atoms with Crippen LogP contribution in [0, 0.1) is 5.92 Å². The highest BCUT2D eigenvalue weighted by Crippen LogP contribution is 2.44. The molecule has 0 aliphatic carbocycles. The van der Waals surface area contributed by atoms with E-state index >= 15 is 0 Å². The lowest BCUT2D eigenvalue weighted by Gasteiger charge is -2.26. The average molecular weight is 487 g/mol. The largest absolute Gasteiger partial charge is 0.508 e. The fourth-order valence-electron chi connectivity index (χ4n) is 4.46. The van der Waals surface area contributed by atoms with Crippen molar-refractivity contribution in [3.63, 3.8) is 0 Å². The molecule has 0 fully saturated rings. The van der Waals surface area contributed by atoms with Crippen molar-refractivity contribution in [3.05, 3.63) is 82.2 Å². The monoisotopic (exact) mass is 486 g/mol. The first-order chi connectivity index (χ1) is 17.4. The fraction of sp³-hybridized carbons (Fsp3) is 0.241. The van der Waals surface area contributed by atoms with Gasteiger partial charge in [-0.05, 0) is 53.4 Å². The number of rotatable bonds is 6. The molecule has 0 radical (unpaired) electrons. The van der Waals surface area contributed by atoms with Crippen LogP contribution >= 0.6 is 0 Å². The second kappa shape index (κ2) is 9.41. The molecule has 5 rings (SSSR count). The standard InChI is InChI=1S/C29H26O7/c1-16(2)14-34-23-10-6-18(12-25(23)33-3)21-13-26(31)36-24-11-9-20-28(32)22(15-35-29(20)27(21)24)17-4-7-19(30)8-5-17/h4-12,15-16,21,30H,13-14H2,1-3H3/t21-/m0/s1. The summed E-state index contributed by atoms with van der Waals surface area (Å²) in [6, 6.07) is 15.2. The molecule has 0 amide bonds. The molecule has 3 aromatic carbocycles. The van der Waals surface area contributed by atoms with E-state index in [0.717, 1.165) is 5.56 Å². The van der Waals surface area contributed by atoms with Crippen LogP contribution in [0.5, 0.6) is 23.0 Å². The third-order valence-corrected chi connectivity index (χ3v) is 6.22. The summed E-state index contributed by atoms with van der Waals surface area (Å²) in [5.74, 6) is 1.24. The normalized spacial score (nSPS) is 15.0. The quantitative estimate of drug-likeness (QED) is 0.278. The Kier molecular flexibility index (Phi) is 6.14. The van der Waals surface area contributed by atoms with Crippen LogP contribution in [0.4, 0.5) is 0 Å². The van der Waals surface area contributed by atoms with Gasteiger partial charge in [-0.25, -0.2) is 0 Å². The summed E-state index contributed by atoms with van der Waals surface area (Å²) >= 11 is 0. The Morgan fingerprint density at radius 2 is 1.81 bits per heavy atom. The van der Waals surface area contributed by atoms with Crippen LogP contribution in [0.25, 0.3) is 22.1 Å². The number of ether oxygens (including phenoxy) is 3. The summed E-state index contributed by atoms with van der Waals surface area (Å²) in [5.41, 5.74) is 2.62. The predicted molar refractivity (Wildman–Crippen MR) is 135 cm³/mol. The molecule has 0 unspecified atom stereocenters. The summed E-state index contributed by atoms with van der Waals surface area (Å²) in [4.78, 5) is 25.9. The summed E-state index contributed by atoms with van der Waals surface area (Å²) in [6.45, 7) is 4.68. The van der Waals surface area contributed by atoms with E-state index in [1.165, 1.54) is 18.4 Å². The van der Waals surface area contributed by atoms with Crippen molar-refractivity contribution in [1.82, 2.24) is 0 Å². The van der Waals surface area contributed by atoms with E-state index in [4.69, 9.17) is 18.6 Å². The molecule has 1 aromatic heterocycles. The van der Waals surface area contributed by atoms with Gasteiger partial charge in [-0.1, -0.05) is 32.0 Å². The number of benzene rings is 3. The van der Waals surface area contributed by atoms with E-state index < -0.39 is 5.92 Å². The van der Waals surface area contributed by atoms with Crippen LogP contribution in [-0.4, -0.2) is 24.8 Å². The molecule has 0 saturated heterocycles. The van der Waals surface area contributed by atoms with E-state index in [1.54, 1.807) is 31.4 Å². The molecule has 0 spiro atoms. The molecule has 1 aliphatic rings. The summed E-state index contributed by atoms with van der Waals surface area (Å²) in [6.07, 6.45) is 1.50. The third kappa shape index (κ3) is 4.28. The van der Waals surface area contributed by atoms with Gasteiger partial charge in [0.25, 0.3) is 0 Å². The van der Waals surface area contributed by atoms with Crippen LogP contribution in [-0.2, 0) is 4.79 Å². The Labute approximate surface area is 207 Å². The van der Waals surface area contributed by atoms with Crippen molar-refractivity contribution in [2.75, 3.05) is 13.7 Å². The zero-order valence-corrected chi connectivity index (χ0v) is 20.2. The molecule has 36 heavy (non-hydrogen) atoms. The maximum absolute atomic E-state index is 13.4. The van der Waals surface area contributed by atoms with Crippen LogP contribution in [0.2, 0.25) is 0 Å². The van der Waals surface area contributed by atoms with Gasteiger partial charge >= 0.3 is 5.97 Å². The van der Waals surface area contributed by atoms with E-state index in [-0.39, 0.29) is 23.6 Å². The molecule has 7 heteroatoms. The SMILES string of the molecule is COc1cc([C@@H]2CC(=O)Oc3ccc4c(=O)c(-c5ccc(O)cc5)coc4c32)ccc1OCC(C)C. The first-order valence-corrected chi connectivity index (χ1v) is 11.7. The summed E-state index contributed by atoms with van der Waals surface area (Å²) < 4.78 is 23.0. The Hall–Kier alpha value is -4.26. The smallest absolute Gasteiger partial charge is 0.312 e. The molecule has 4 aromatic rings. The molecule has 184 valence electrons. The minimum atomic E-state index is -0.402. The third-order valence-electron chi connectivity index (χ3n) is 6.22. The lowest BCUT2D eigenvalue weighted by atomic mass is 9.85. The van der Waals surface area contributed by atoms with Gasteiger partial charge in [-0.3, -0.25) is 9.59 Å². The number of esters is 1. The Morgan fingerprint density at radius 1 is 1.03 bits per heavy atom. The zero-order valence-electron chi connectivity index (χ0n) is 20.2. The number of methoxy groups -OCH3 is 1. The summed E-state index contributed by atoms with van der Waals surface area (Å²) in [5, 5.41) is 9.97. The minimum Gasteiger partial charge on any atom is -0.508 e. The van der Waals surface area contributed by atoms with Crippen molar-refractivity contribution in [2.45, 2.75) is 26.2 Å². The van der Waals surface area contributed by atoms with Crippen LogP contribution in [0.1, 0.15) is 37.3 Å². The molecule has 1 atom stereocenters. The number of fused-ring (bicyclic) bond motifs is 3. The second-order valence-electron chi connectivity index (χ2n) is 9.23.